The zero-order valence-electron chi connectivity index (χ0n) is 22.0. The molecule has 8 nitrogen and oxygen atoms in total. The zero-order chi connectivity index (χ0) is 28.3. The molecule has 11 heteroatoms. The highest BCUT2D eigenvalue weighted by atomic mass is 35.5. The Balaban J connectivity index is 0.968. The molecule has 5 aromatic rings. The van der Waals surface area contributed by atoms with Crippen LogP contribution in [-0.2, 0) is 6.54 Å². The van der Waals surface area contributed by atoms with Gasteiger partial charge in [0.05, 0.1) is 16.6 Å². The molecule has 0 saturated carbocycles. The Kier molecular flexibility index (Phi) is 8.23. The molecule has 1 unspecified atom stereocenters. The number of halogens is 3. The number of aliphatic hydroxyl groups excluding tert-OH is 1. The average molecular weight is 597 g/mol. The van der Waals surface area contributed by atoms with Gasteiger partial charge in [-0.05, 0) is 48.5 Å². The van der Waals surface area contributed by atoms with E-state index in [1.54, 1.807) is 48.5 Å². The second-order valence-corrected chi connectivity index (χ2v) is 10.8. The summed E-state index contributed by atoms with van der Waals surface area (Å²) in [7, 11) is 0. The molecule has 0 amide bonds. The maximum atomic E-state index is 13.2. The van der Waals surface area contributed by atoms with Crippen LogP contribution in [0.15, 0.2) is 75.7 Å². The predicted molar refractivity (Wildman–Crippen MR) is 155 cm³/mol. The summed E-state index contributed by atoms with van der Waals surface area (Å²) >= 11 is 12.6. The van der Waals surface area contributed by atoms with Crippen LogP contribution in [0.3, 0.4) is 0 Å². The van der Waals surface area contributed by atoms with Gasteiger partial charge in [-0.25, -0.2) is 9.37 Å². The van der Waals surface area contributed by atoms with E-state index in [-0.39, 0.29) is 12.4 Å². The van der Waals surface area contributed by atoms with Crippen LogP contribution in [0.2, 0.25) is 10.0 Å². The maximum Gasteiger partial charge on any atom is 0.227 e. The zero-order valence-corrected chi connectivity index (χ0v) is 23.5. The molecule has 3 aromatic carbocycles. The van der Waals surface area contributed by atoms with Gasteiger partial charge in [-0.2, -0.15) is 0 Å². The first-order chi connectivity index (χ1) is 19.9. The average Bonchev–Trinajstić information content (AvgIpc) is 3.60. The summed E-state index contributed by atoms with van der Waals surface area (Å²) in [5.74, 6) is 1.42. The van der Waals surface area contributed by atoms with Crippen LogP contribution >= 0.6 is 23.2 Å². The minimum atomic E-state index is -0.651. The fraction of sp³-hybridized carbons (Fsp3) is 0.267. The van der Waals surface area contributed by atoms with Crippen molar-refractivity contribution in [3.05, 3.63) is 88.4 Å². The van der Waals surface area contributed by atoms with Gasteiger partial charge in [0.25, 0.3) is 0 Å². The summed E-state index contributed by atoms with van der Waals surface area (Å²) < 4.78 is 30.4. The van der Waals surface area contributed by atoms with Crippen LogP contribution in [0.5, 0.6) is 5.75 Å². The van der Waals surface area contributed by atoms with Crippen LogP contribution in [-0.4, -0.2) is 70.5 Å². The molecule has 0 spiro atoms. The van der Waals surface area contributed by atoms with E-state index in [4.69, 9.17) is 36.9 Å². The molecule has 6 rings (SSSR count). The van der Waals surface area contributed by atoms with E-state index in [0.29, 0.717) is 62.7 Å². The van der Waals surface area contributed by atoms with Crippen molar-refractivity contribution < 1.29 is 23.2 Å². The summed E-state index contributed by atoms with van der Waals surface area (Å²) in [6, 6.07) is 18.5. The molecule has 0 radical (unpaired) electrons. The molecule has 2 aromatic heterocycles. The lowest BCUT2D eigenvalue weighted by atomic mass is 10.1. The van der Waals surface area contributed by atoms with Crippen molar-refractivity contribution >= 4 is 34.3 Å². The second-order valence-electron chi connectivity index (χ2n) is 9.97. The quantitative estimate of drug-likeness (QED) is 0.217. The first-order valence-corrected chi connectivity index (χ1v) is 14.0. The SMILES string of the molecule is OC(COc1ccc2oc(-c3ccc(F)cc3)nc2c1)CN1CCN(Cc2cc(-c3c(Cl)cccc3Cl)no2)CC1. The fourth-order valence-electron chi connectivity index (χ4n) is 4.85. The largest absolute Gasteiger partial charge is 0.491 e. The Labute approximate surface area is 245 Å². The smallest absolute Gasteiger partial charge is 0.227 e. The molecule has 1 N–H and O–H groups in total. The Morgan fingerprint density at radius 1 is 0.951 bits per heavy atom. The number of ether oxygens (including phenoxy) is 1. The molecule has 41 heavy (non-hydrogen) atoms. The molecule has 0 aliphatic carbocycles. The van der Waals surface area contributed by atoms with Crippen molar-refractivity contribution in [3.8, 4) is 28.5 Å². The number of rotatable bonds is 9. The van der Waals surface area contributed by atoms with Crippen molar-refractivity contribution in [3.63, 3.8) is 0 Å². The van der Waals surface area contributed by atoms with Gasteiger partial charge in [-0.1, -0.05) is 34.4 Å². The Morgan fingerprint density at radius 3 is 2.44 bits per heavy atom. The number of hydrogen-bond acceptors (Lipinski definition) is 8. The lowest BCUT2D eigenvalue weighted by Crippen LogP contribution is -2.48. The Hall–Kier alpha value is -3.47. The van der Waals surface area contributed by atoms with E-state index in [1.165, 1.54) is 12.1 Å². The molecule has 3 heterocycles. The molecule has 1 atom stereocenters. The fourth-order valence-corrected chi connectivity index (χ4v) is 5.45. The number of nitrogens with zero attached hydrogens (tertiary/aromatic N) is 4. The van der Waals surface area contributed by atoms with Gasteiger partial charge < -0.3 is 18.8 Å². The number of aromatic nitrogens is 2. The van der Waals surface area contributed by atoms with E-state index in [0.717, 1.165) is 31.9 Å². The summed E-state index contributed by atoms with van der Waals surface area (Å²) in [4.78, 5) is 8.99. The summed E-state index contributed by atoms with van der Waals surface area (Å²) in [6.07, 6.45) is -0.651. The third kappa shape index (κ3) is 6.55. The lowest BCUT2D eigenvalue weighted by Gasteiger charge is -2.35. The van der Waals surface area contributed by atoms with Crippen molar-refractivity contribution in [2.75, 3.05) is 39.3 Å². The van der Waals surface area contributed by atoms with Gasteiger partial charge in [0, 0.05) is 56.0 Å². The van der Waals surface area contributed by atoms with Crippen molar-refractivity contribution in [1.29, 1.82) is 0 Å². The maximum absolute atomic E-state index is 13.2. The minimum Gasteiger partial charge on any atom is -0.491 e. The molecule has 1 aliphatic rings. The molecule has 1 fully saturated rings. The number of benzene rings is 3. The number of hydrogen-bond donors (Lipinski definition) is 1. The first-order valence-electron chi connectivity index (χ1n) is 13.2. The third-order valence-corrected chi connectivity index (χ3v) is 7.61. The standard InChI is InChI=1S/C30H27Cl2FN4O4/c31-24-2-1-3-25(32)29(24)27-15-23(41-35-27)17-37-12-10-36(11-13-37)16-21(38)18-39-22-8-9-28-26(14-22)34-30(40-28)19-4-6-20(33)7-5-19/h1-9,14-15,21,38H,10-13,16-18H2. The highest BCUT2D eigenvalue weighted by molar-refractivity contribution is 6.39. The van der Waals surface area contributed by atoms with Gasteiger partial charge in [-0.3, -0.25) is 9.80 Å². The Morgan fingerprint density at radius 2 is 1.68 bits per heavy atom. The lowest BCUT2D eigenvalue weighted by molar-refractivity contribution is 0.0430. The predicted octanol–water partition coefficient (Wildman–Crippen LogP) is 6.15. The van der Waals surface area contributed by atoms with Crippen molar-refractivity contribution in [1.82, 2.24) is 19.9 Å². The van der Waals surface area contributed by atoms with Crippen LogP contribution in [0, 0.1) is 5.82 Å². The number of oxazole rings is 1. The van der Waals surface area contributed by atoms with Crippen molar-refractivity contribution in [2.24, 2.45) is 0 Å². The van der Waals surface area contributed by atoms with Crippen LogP contribution < -0.4 is 4.74 Å². The van der Waals surface area contributed by atoms with E-state index >= 15 is 0 Å². The van der Waals surface area contributed by atoms with E-state index in [1.807, 2.05) is 6.07 Å². The molecule has 1 saturated heterocycles. The molecular formula is C30H27Cl2FN4O4. The van der Waals surface area contributed by atoms with Crippen LogP contribution in [0.25, 0.3) is 33.8 Å². The van der Waals surface area contributed by atoms with Gasteiger partial charge in [0.2, 0.25) is 5.89 Å². The van der Waals surface area contributed by atoms with Gasteiger partial charge in [0.1, 0.15) is 35.5 Å². The first kappa shape index (κ1) is 27.7. The monoisotopic (exact) mass is 596 g/mol. The summed E-state index contributed by atoms with van der Waals surface area (Å²) in [5.41, 5.74) is 3.20. The van der Waals surface area contributed by atoms with E-state index < -0.39 is 6.10 Å². The highest BCUT2D eigenvalue weighted by Gasteiger charge is 2.22. The normalized spacial score (nSPS) is 15.4. The van der Waals surface area contributed by atoms with E-state index in [9.17, 15) is 9.50 Å². The summed E-state index contributed by atoms with van der Waals surface area (Å²) in [6.45, 7) is 4.57. The molecule has 1 aliphatic heterocycles. The number of piperazine rings is 1. The number of aliphatic hydroxyl groups is 1. The molecule has 212 valence electrons. The molecule has 0 bridgehead atoms. The summed E-state index contributed by atoms with van der Waals surface area (Å²) in [5, 5.41) is 15.8. The highest BCUT2D eigenvalue weighted by Crippen LogP contribution is 2.34. The van der Waals surface area contributed by atoms with Crippen molar-refractivity contribution in [2.45, 2.75) is 12.6 Å². The van der Waals surface area contributed by atoms with Gasteiger partial charge in [0.15, 0.2) is 11.3 Å². The Bertz CT molecular complexity index is 1610. The van der Waals surface area contributed by atoms with E-state index in [2.05, 4.69) is 19.9 Å². The van der Waals surface area contributed by atoms with Crippen LogP contribution in [0.1, 0.15) is 5.76 Å². The minimum absolute atomic E-state index is 0.153. The third-order valence-electron chi connectivity index (χ3n) is 6.98. The van der Waals surface area contributed by atoms with Gasteiger partial charge in [-0.15, -0.1) is 0 Å². The second kappa shape index (κ2) is 12.2. The molecular weight excluding hydrogens is 570 g/mol. The number of fused-ring (bicyclic) bond motifs is 1. The van der Waals surface area contributed by atoms with Gasteiger partial charge >= 0.3 is 0 Å². The topological polar surface area (TPSA) is 88.0 Å². The van der Waals surface area contributed by atoms with Crippen LogP contribution in [0.4, 0.5) is 4.39 Å². The number of β-amino-alcohol motifs (C(OH)–C–C–N with tert-alkyl or cyclic N) is 1.